The summed E-state index contributed by atoms with van der Waals surface area (Å²) in [6.07, 6.45) is 1.92. The van der Waals surface area contributed by atoms with E-state index < -0.39 is 0 Å². The summed E-state index contributed by atoms with van der Waals surface area (Å²) in [5, 5.41) is 7.65. The van der Waals surface area contributed by atoms with Crippen LogP contribution in [0.2, 0.25) is 0 Å². The van der Waals surface area contributed by atoms with Gasteiger partial charge in [0, 0.05) is 12.7 Å². The molecule has 2 rings (SSSR count). The molecule has 18 heavy (non-hydrogen) atoms. The van der Waals surface area contributed by atoms with Gasteiger partial charge in [0.15, 0.2) is 11.6 Å². The number of hydrogen-bond acceptors (Lipinski definition) is 4. The maximum Gasteiger partial charge on any atom is 0.169 e. The van der Waals surface area contributed by atoms with E-state index in [1.54, 1.807) is 17.5 Å². The normalized spacial score (nSPS) is 10.7. The number of thiophene rings is 1. The van der Waals surface area contributed by atoms with Crippen molar-refractivity contribution in [1.29, 1.82) is 0 Å². The second kappa shape index (κ2) is 5.87. The molecule has 4 heteroatoms. The van der Waals surface area contributed by atoms with Gasteiger partial charge in [0.1, 0.15) is 0 Å². The lowest BCUT2D eigenvalue weighted by atomic mass is 10.2. The Balaban J connectivity index is 2.07. The van der Waals surface area contributed by atoms with E-state index in [1.807, 2.05) is 26.0 Å². The van der Waals surface area contributed by atoms with Crippen LogP contribution in [0.4, 0.5) is 5.82 Å². The third-order valence-electron chi connectivity index (χ3n) is 2.54. The van der Waals surface area contributed by atoms with Crippen molar-refractivity contribution in [1.82, 2.24) is 4.98 Å². The van der Waals surface area contributed by atoms with E-state index >= 15 is 0 Å². The molecule has 0 radical (unpaired) electrons. The lowest BCUT2D eigenvalue weighted by Gasteiger charge is -2.14. The number of anilines is 1. The zero-order chi connectivity index (χ0) is 13.0. The molecule has 0 aromatic carbocycles. The predicted octanol–water partition coefficient (Wildman–Crippen LogP) is 3.85. The molecular weight excluding hydrogens is 244 g/mol. The number of nitrogens with one attached hydrogen (secondary N) is 1. The number of pyridine rings is 1. The first-order valence-electron chi connectivity index (χ1n) is 6.04. The van der Waals surface area contributed by atoms with Crippen LogP contribution in [0.3, 0.4) is 0 Å². The molecule has 0 unspecified atom stereocenters. The van der Waals surface area contributed by atoms with Crippen LogP contribution in [0.1, 0.15) is 25.0 Å². The van der Waals surface area contributed by atoms with Crippen molar-refractivity contribution >= 4 is 17.2 Å². The van der Waals surface area contributed by atoms with Crippen LogP contribution >= 0.6 is 11.3 Å². The number of nitrogens with zero attached hydrogens (tertiary/aromatic N) is 1. The maximum atomic E-state index is 5.72. The Labute approximate surface area is 112 Å². The minimum absolute atomic E-state index is 0.151. The van der Waals surface area contributed by atoms with Crippen molar-refractivity contribution in [2.45, 2.75) is 33.4 Å². The van der Waals surface area contributed by atoms with Crippen LogP contribution in [0.5, 0.6) is 5.75 Å². The predicted molar refractivity (Wildman–Crippen MR) is 76.4 cm³/mol. The molecule has 0 amide bonds. The van der Waals surface area contributed by atoms with Gasteiger partial charge >= 0.3 is 0 Å². The molecule has 0 spiro atoms. The first-order chi connectivity index (χ1) is 8.66. The molecule has 2 aromatic rings. The molecule has 2 aromatic heterocycles. The van der Waals surface area contributed by atoms with Crippen LogP contribution in [-0.4, -0.2) is 11.1 Å². The fourth-order valence-corrected chi connectivity index (χ4v) is 2.48. The van der Waals surface area contributed by atoms with Gasteiger partial charge in [-0.05, 0) is 54.8 Å². The second-order valence-corrected chi connectivity index (χ2v) is 5.19. The van der Waals surface area contributed by atoms with Crippen LogP contribution < -0.4 is 10.1 Å². The highest BCUT2D eigenvalue weighted by molar-refractivity contribution is 7.08. The Morgan fingerprint density at radius 3 is 2.89 bits per heavy atom. The van der Waals surface area contributed by atoms with Gasteiger partial charge in [0.05, 0.1) is 6.10 Å². The van der Waals surface area contributed by atoms with Gasteiger partial charge in [-0.1, -0.05) is 0 Å². The second-order valence-electron chi connectivity index (χ2n) is 4.45. The highest BCUT2D eigenvalue weighted by Gasteiger charge is 2.07. The summed E-state index contributed by atoms with van der Waals surface area (Å²) in [6, 6.07) is 3.83. The monoisotopic (exact) mass is 262 g/mol. The zero-order valence-electron chi connectivity index (χ0n) is 10.9. The van der Waals surface area contributed by atoms with Gasteiger partial charge in [0.25, 0.3) is 0 Å². The van der Waals surface area contributed by atoms with Crippen molar-refractivity contribution in [2.75, 3.05) is 5.32 Å². The van der Waals surface area contributed by atoms with E-state index in [9.17, 15) is 0 Å². The Hall–Kier alpha value is -1.55. The lowest BCUT2D eigenvalue weighted by molar-refractivity contribution is 0.243. The molecule has 3 nitrogen and oxygen atoms in total. The number of aryl methyl sites for hydroxylation is 1. The molecule has 0 aliphatic heterocycles. The number of hydrogen-bond donors (Lipinski definition) is 1. The number of aromatic nitrogens is 1. The third kappa shape index (κ3) is 3.23. The van der Waals surface area contributed by atoms with Gasteiger partial charge in [-0.2, -0.15) is 11.3 Å². The standard InChI is InChI=1S/C14H18N2OS/c1-10(2)17-13-5-4-6-15-14(13)16-7-12-9-18-8-11(12)3/h4-6,8-10H,7H2,1-3H3,(H,15,16). The summed E-state index contributed by atoms with van der Waals surface area (Å²) in [5.41, 5.74) is 2.62. The van der Waals surface area contributed by atoms with Crippen molar-refractivity contribution in [3.05, 3.63) is 40.2 Å². The van der Waals surface area contributed by atoms with Gasteiger partial charge in [-0.15, -0.1) is 0 Å². The average molecular weight is 262 g/mol. The van der Waals surface area contributed by atoms with Gasteiger partial charge in [0.2, 0.25) is 0 Å². The fourth-order valence-electron chi connectivity index (χ4n) is 1.62. The first-order valence-corrected chi connectivity index (χ1v) is 6.98. The largest absolute Gasteiger partial charge is 0.487 e. The van der Waals surface area contributed by atoms with Gasteiger partial charge < -0.3 is 10.1 Å². The van der Waals surface area contributed by atoms with Crippen LogP contribution in [0.25, 0.3) is 0 Å². The van der Waals surface area contributed by atoms with Crippen LogP contribution in [-0.2, 0) is 6.54 Å². The summed E-state index contributed by atoms with van der Waals surface area (Å²) in [7, 11) is 0. The van der Waals surface area contributed by atoms with E-state index in [-0.39, 0.29) is 6.10 Å². The van der Waals surface area contributed by atoms with Crippen molar-refractivity contribution in [3.8, 4) is 5.75 Å². The Bertz CT molecular complexity index is 508. The van der Waals surface area contributed by atoms with Crippen LogP contribution in [0.15, 0.2) is 29.1 Å². The van der Waals surface area contributed by atoms with Crippen LogP contribution in [0, 0.1) is 6.92 Å². The summed E-state index contributed by atoms with van der Waals surface area (Å²) in [4.78, 5) is 4.33. The van der Waals surface area contributed by atoms with E-state index in [1.165, 1.54) is 11.1 Å². The quantitative estimate of drug-likeness (QED) is 0.888. The SMILES string of the molecule is Cc1cscc1CNc1ncccc1OC(C)C. The molecule has 0 fully saturated rings. The third-order valence-corrected chi connectivity index (χ3v) is 3.45. The zero-order valence-corrected chi connectivity index (χ0v) is 11.8. The van der Waals surface area contributed by atoms with E-state index in [0.717, 1.165) is 18.1 Å². The van der Waals surface area contributed by atoms with Crippen molar-refractivity contribution in [3.63, 3.8) is 0 Å². The van der Waals surface area contributed by atoms with Gasteiger partial charge in [-0.25, -0.2) is 4.98 Å². The Kier molecular flexibility index (Phi) is 4.20. The minimum atomic E-state index is 0.151. The van der Waals surface area contributed by atoms with E-state index in [4.69, 9.17) is 4.74 Å². The lowest BCUT2D eigenvalue weighted by Crippen LogP contribution is -2.09. The average Bonchev–Trinajstić information content (AvgIpc) is 2.73. The molecule has 0 saturated carbocycles. The Morgan fingerprint density at radius 2 is 2.22 bits per heavy atom. The topological polar surface area (TPSA) is 34.2 Å². The summed E-state index contributed by atoms with van der Waals surface area (Å²) in [5.74, 6) is 1.61. The molecular formula is C14H18N2OS. The molecule has 0 saturated heterocycles. The highest BCUT2D eigenvalue weighted by Crippen LogP contribution is 2.23. The number of ether oxygens (including phenoxy) is 1. The molecule has 0 aliphatic rings. The molecule has 2 heterocycles. The molecule has 0 atom stereocenters. The molecule has 1 N–H and O–H groups in total. The first kappa shape index (κ1) is 12.9. The van der Waals surface area contributed by atoms with Crippen molar-refractivity contribution < 1.29 is 4.74 Å². The minimum Gasteiger partial charge on any atom is -0.487 e. The smallest absolute Gasteiger partial charge is 0.169 e. The molecule has 96 valence electrons. The highest BCUT2D eigenvalue weighted by atomic mass is 32.1. The van der Waals surface area contributed by atoms with Crippen molar-refractivity contribution in [2.24, 2.45) is 0 Å². The maximum absolute atomic E-state index is 5.72. The summed E-state index contributed by atoms with van der Waals surface area (Å²) >= 11 is 1.72. The summed E-state index contributed by atoms with van der Waals surface area (Å²) in [6.45, 7) is 6.93. The number of rotatable bonds is 5. The molecule has 0 aliphatic carbocycles. The molecule has 0 bridgehead atoms. The van der Waals surface area contributed by atoms with E-state index in [0.29, 0.717) is 0 Å². The van der Waals surface area contributed by atoms with Gasteiger partial charge in [-0.3, -0.25) is 0 Å². The Morgan fingerprint density at radius 1 is 1.39 bits per heavy atom. The fraction of sp³-hybridized carbons (Fsp3) is 0.357. The summed E-state index contributed by atoms with van der Waals surface area (Å²) < 4.78 is 5.72. The van der Waals surface area contributed by atoms with E-state index in [2.05, 4.69) is 28.0 Å².